The number of benzene rings is 3. The molecule has 25 nitrogen and oxygen atoms in total. The minimum Gasteiger partial charge on any atom is -0.501 e. The summed E-state index contributed by atoms with van der Waals surface area (Å²) in [4.78, 5) is 49.2. The number of hydrogen-bond donors (Lipinski definition) is 2. The number of nitrogens with two attached hydrogens (primary N) is 1. The standard InChI is InChI=1S/C26H29N7O2.C18H24BNO4.C16H14ClN3O2.C10H16N4.C4H2Cl2N2/c1-32-8-10-33(11-9-32)21-3-5-25(28-17-21)31-26-15-23(29-18-30-26)19-2-4-24(20(14-19)16-27)35-22-6-12-34-13-7-22;1-17(2)18(3,4)24-19(23-17)13-6-7-16(15(12-13)20-5)22-14-8-10-21-11-9-14;1-18-14-8-11(13-9-16(17)20-10-19-13)2-3-15(14)22-12-4-6-21-7-5-12;1-13-4-6-14(7-5-13)9-2-3-10(11)12-8-9;5-3-1-4(6)8-2-7-3/h2-5,14-15,17-18,22H,6-13H2,1H3,(H,28,29,30,31);6-7,12,14H,8-11H2,1-4H3;2-3,8-10,12H,4-7H2;2-3,8H,4-7H2,1H3,(H2,11,12);1-2H. The van der Waals surface area contributed by atoms with E-state index in [1.165, 1.54) is 30.7 Å². The lowest BCUT2D eigenvalue weighted by Gasteiger charge is -2.33. The maximum absolute atomic E-state index is 9.68. The van der Waals surface area contributed by atoms with Gasteiger partial charge in [0.05, 0.1) is 105 Å². The third-order valence-corrected chi connectivity index (χ3v) is 18.8. The molecule has 0 amide bonds. The molecule has 0 atom stereocenters. The highest BCUT2D eigenvalue weighted by Crippen LogP contribution is 2.39. The molecular formula is C74H85BCl3N17O8. The normalized spacial score (nSPS) is 17.7. The molecule has 0 aliphatic carbocycles. The molecule has 6 saturated heterocycles. The highest BCUT2D eigenvalue weighted by molar-refractivity contribution is 6.62. The predicted octanol–water partition coefficient (Wildman–Crippen LogP) is 12.7. The molecule has 103 heavy (non-hydrogen) atoms. The molecule has 5 aromatic heterocycles. The Labute approximate surface area is 617 Å². The third-order valence-electron chi connectivity index (χ3n) is 18.2. The molecule has 6 fully saturated rings. The smallest absolute Gasteiger partial charge is 0.493 e. The van der Waals surface area contributed by atoms with E-state index in [9.17, 15) is 5.26 Å². The van der Waals surface area contributed by atoms with Gasteiger partial charge in [-0.15, -0.1) is 0 Å². The van der Waals surface area contributed by atoms with E-state index >= 15 is 0 Å². The molecule has 538 valence electrons. The van der Waals surface area contributed by atoms with Crippen molar-refractivity contribution in [2.75, 3.05) is 127 Å². The van der Waals surface area contributed by atoms with E-state index < -0.39 is 18.3 Å². The first-order valence-electron chi connectivity index (χ1n) is 34.2. The Bertz CT molecular complexity index is 4140. The topological polar surface area (TPSA) is 260 Å². The van der Waals surface area contributed by atoms with E-state index in [0.29, 0.717) is 118 Å². The number of pyridine rings is 2. The number of aromatic nitrogens is 8. The summed E-state index contributed by atoms with van der Waals surface area (Å²) in [5, 5.41) is 14.0. The van der Waals surface area contributed by atoms with E-state index in [4.69, 9.17) is 91.4 Å². The van der Waals surface area contributed by atoms with Gasteiger partial charge in [0.2, 0.25) is 11.4 Å². The van der Waals surface area contributed by atoms with Crippen molar-refractivity contribution in [2.24, 2.45) is 0 Å². The molecule has 0 bridgehead atoms. The van der Waals surface area contributed by atoms with Crippen LogP contribution in [0.3, 0.4) is 0 Å². The number of piperazine rings is 2. The van der Waals surface area contributed by atoms with E-state index in [-0.39, 0.29) is 18.3 Å². The van der Waals surface area contributed by atoms with Crippen LogP contribution in [0, 0.1) is 24.5 Å². The van der Waals surface area contributed by atoms with Crippen LogP contribution in [0.15, 0.2) is 128 Å². The molecule has 0 saturated carbocycles. The third kappa shape index (κ3) is 22.5. The van der Waals surface area contributed by atoms with Crippen LogP contribution in [-0.2, 0) is 23.5 Å². The number of nitriles is 1. The average molecular weight is 1460 g/mol. The average Bonchev–Trinajstić information content (AvgIpc) is 1.63. The number of rotatable bonds is 13. The number of nitrogens with zero attached hydrogens (tertiary/aromatic N) is 15. The summed E-state index contributed by atoms with van der Waals surface area (Å²) in [5.74, 6) is 3.76. The van der Waals surface area contributed by atoms with Gasteiger partial charge >= 0.3 is 7.12 Å². The van der Waals surface area contributed by atoms with Gasteiger partial charge in [0.1, 0.15) is 93.5 Å². The minimum atomic E-state index is -0.465. The minimum absolute atomic E-state index is 0.0756. The molecular weight excluding hydrogens is 1370 g/mol. The Morgan fingerprint density at radius 2 is 0.961 bits per heavy atom. The molecule has 0 unspecified atom stereocenters. The lowest BCUT2D eigenvalue weighted by atomic mass is 9.79. The van der Waals surface area contributed by atoms with Crippen molar-refractivity contribution in [3.63, 3.8) is 0 Å². The number of nitrogens with one attached hydrogen (secondary N) is 1. The van der Waals surface area contributed by atoms with Gasteiger partial charge in [0, 0.05) is 115 Å². The lowest BCUT2D eigenvalue weighted by Crippen LogP contribution is -2.44. The van der Waals surface area contributed by atoms with Crippen LogP contribution < -0.4 is 40.5 Å². The molecule has 6 aliphatic heterocycles. The van der Waals surface area contributed by atoms with E-state index in [0.717, 1.165) is 113 Å². The first-order valence-corrected chi connectivity index (χ1v) is 35.3. The van der Waals surface area contributed by atoms with Crippen LogP contribution in [-0.4, -0.2) is 192 Å². The molecule has 0 spiro atoms. The van der Waals surface area contributed by atoms with Crippen LogP contribution in [0.5, 0.6) is 17.2 Å². The zero-order chi connectivity index (χ0) is 72.7. The maximum Gasteiger partial charge on any atom is 0.493 e. The van der Waals surface area contributed by atoms with Gasteiger partial charge in [0.15, 0.2) is 0 Å². The Morgan fingerprint density at radius 1 is 0.515 bits per heavy atom. The van der Waals surface area contributed by atoms with Gasteiger partial charge in [-0.3, -0.25) is 0 Å². The summed E-state index contributed by atoms with van der Waals surface area (Å²) < 4.78 is 46.2. The SMILES string of the molecule is CN1CCN(c2ccc(N)nc2)CC1.CN1CCN(c2ccc(Nc3cc(-c4ccc(OC5CCOCC5)c(C#N)c4)ncn3)nc2)CC1.Clc1cc(Cl)ncn1.[C-]#[N+]c1cc(-c2cc(Cl)ncn2)ccc1OC1CCOCC1.[C-]#[N+]c1cc(B2OC(C)(C)C(C)(C)O2)ccc1OC1CCOCC1. The van der Waals surface area contributed by atoms with Gasteiger partial charge in [-0.2, -0.15) is 5.26 Å². The highest BCUT2D eigenvalue weighted by atomic mass is 35.5. The largest absolute Gasteiger partial charge is 0.501 e. The second-order valence-corrected chi connectivity index (χ2v) is 27.2. The van der Waals surface area contributed by atoms with Crippen LogP contribution in [0.1, 0.15) is 71.8 Å². The number of halogens is 3. The summed E-state index contributed by atoms with van der Waals surface area (Å²) in [6.45, 7) is 35.6. The fourth-order valence-electron chi connectivity index (χ4n) is 11.4. The van der Waals surface area contributed by atoms with Crippen molar-refractivity contribution >= 4 is 87.6 Å². The zero-order valence-corrected chi connectivity index (χ0v) is 61.0. The number of likely N-dealkylation sites (N-methyl/N-ethyl adjacent to an activating group) is 2. The molecule has 29 heteroatoms. The summed E-state index contributed by atoms with van der Waals surface area (Å²) >= 11 is 16.7. The second-order valence-electron chi connectivity index (χ2n) is 26.1. The molecule has 3 aromatic carbocycles. The number of hydrogen-bond acceptors (Lipinski definition) is 23. The maximum atomic E-state index is 9.68. The van der Waals surface area contributed by atoms with Gasteiger partial charge in [0.25, 0.3) is 0 Å². The van der Waals surface area contributed by atoms with Crippen molar-refractivity contribution in [2.45, 2.75) is 95.7 Å². The Hall–Kier alpha value is -9.08. The predicted molar refractivity (Wildman–Crippen MR) is 400 cm³/mol. The van der Waals surface area contributed by atoms with E-state index in [1.54, 1.807) is 12.1 Å². The van der Waals surface area contributed by atoms with Crippen molar-refractivity contribution < 1.29 is 37.7 Å². The van der Waals surface area contributed by atoms with Gasteiger partial charge in [-0.25, -0.2) is 49.6 Å². The summed E-state index contributed by atoms with van der Waals surface area (Å²) in [5.41, 5.74) is 12.4. The second kappa shape index (κ2) is 37.4. The van der Waals surface area contributed by atoms with Crippen LogP contribution in [0.25, 0.3) is 32.2 Å². The first kappa shape index (κ1) is 76.6. The van der Waals surface area contributed by atoms with Crippen molar-refractivity contribution in [3.8, 4) is 45.8 Å². The van der Waals surface area contributed by atoms with Crippen molar-refractivity contribution in [1.82, 2.24) is 49.7 Å². The molecule has 11 heterocycles. The quantitative estimate of drug-likeness (QED) is 0.0617. The molecule has 14 rings (SSSR count). The van der Waals surface area contributed by atoms with E-state index in [2.05, 4.69) is 101 Å². The molecule has 8 aromatic rings. The Kier molecular flexibility index (Phi) is 27.8. The lowest BCUT2D eigenvalue weighted by molar-refractivity contribution is 0.00578. The fraction of sp³-hybridized carbons (Fsp3) is 0.419. The first-order chi connectivity index (χ1) is 49.8. The summed E-state index contributed by atoms with van der Waals surface area (Å²) in [6, 6.07) is 31.8. The van der Waals surface area contributed by atoms with Crippen molar-refractivity contribution in [3.05, 3.63) is 172 Å². The van der Waals surface area contributed by atoms with Crippen LogP contribution in [0.2, 0.25) is 15.5 Å². The van der Waals surface area contributed by atoms with Crippen LogP contribution >= 0.6 is 34.8 Å². The summed E-state index contributed by atoms with van der Waals surface area (Å²) in [7, 11) is 3.83. The van der Waals surface area contributed by atoms with Crippen LogP contribution in [0.4, 0.5) is 40.2 Å². The molecule has 3 N–H and O–H groups in total. The number of nitrogen functional groups attached to an aromatic ring is 1. The fourth-order valence-corrected chi connectivity index (χ4v) is 11.9. The number of ether oxygens (including phenoxy) is 6. The monoisotopic (exact) mass is 1460 g/mol. The summed E-state index contributed by atoms with van der Waals surface area (Å²) in [6.07, 6.45) is 13.3. The Morgan fingerprint density at radius 3 is 1.43 bits per heavy atom. The van der Waals surface area contributed by atoms with Gasteiger partial charge in [-0.05, 0) is 113 Å². The van der Waals surface area contributed by atoms with Crippen molar-refractivity contribution in [1.29, 1.82) is 5.26 Å². The zero-order valence-electron chi connectivity index (χ0n) is 58.8. The molecule has 0 radical (unpaired) electrons. The molecule has 6 aliphatic rings. The Balaban J connectivity index is 0.000000148. The highest BCUT2D eigenvalue weighted by Gasteiger charge is 2.51. The van der Waals surface area contributed by atoms with Gasteiger partial charge in [-0.1, -0.05) is 53.0 Å². The van der Waals surface area contributed by atoms with Gasteiger partial charge < -0.3 is 68.4 Å². The number of anilines is 5. The van der Waals surface area contributed by atoms with E-state index in [1.807, 2.05) is 113 Å².